The summed E-state index contributed by atoms with van der Waals surface area (Å²) in [5.74, 6) is -0.0490. The number of hydrogen-bond acceptors (Lipinski definition) is 5. The van der Waals surface area contributed by atoms with E-state index >= 15 is 0 Å². The van der Waals surface area contributed by atoms with Crippen molar-refractivity contribution in [3.05, 3.63) is 53.9 Å². The molecule has 0 aliphatic carbocycles. The van der Waals surface area contributed by atoms with Gasteiger partial charge in [0.05, 0.1) is 4.88 Å². The third-order valence-corrected chi connectivity index (χ3v) is 4.94. The second-order valence-corrected chi connectivity index (χ2v) is 6.74. The van der Waals surface area contributed by atoms with Crippen LogP contribution in [0.5, 0.6) is 0 Å². The van der Waals surface area contributed by atoms with E-state index in [0.29, 0.717) is 18.8 Å². The molecule has 8 heteroatoms. The van der Waals surface area contributed by atoms with E-state index in [2.05, 4.69) is 10.5 Å². The first-order valence-corrected chi connectivity index (χ1v) is 9.00. The molecule has 132 valence electrons. The van der Waals surface area contributed by atoms with E-state index in [1.54, 1.807) is 11.0 Å². The van der Waals surface area contributed by atoms with Gasteiger partial charge in [-0.1, -0.05) is 29.4 Å². The zero-order chi connectivity index (χ0) is 17.9. The van der Waals surface area contributed by atoms with Gasteiger partial charge >= 0.3 is 6.03 Å². The lowest BCUT2D eigenvalue weighted by Gasteiger charge is -2.18. The van der Waals surface area contributed by atoms with E-state index in [1.165, 1.54) is 16.2 Å². The van der Waals surface area contributed by atoms with Gasteiger partial charge in [-0.3, -0.25) is 15.0 Å². The van der Waals surface area contributed by atoms with Crippen molar-refractivity contribution in [2.45, 2.75) is 0 Å². The number of aromatic nitrogens is 1. The summed E-state index contributed by atoms with van der Waals surface area (Å²) in [6, 6.07) is 14.8. The van der Waals surface area contributed by atoms with Crippen molar-refractivity contribution < 1.29 is 14.1 Å². The molecule has 3 heterocycles. The van der Waals surface area contributed by atoms with Crippen LogP contribution in [0.15, 0.2) is 58.4 Å². The maximum absolute atomic E-state index is 12.5. The van der Waals surface area contributed by atoms with Crippen molar-refractivity contribution in [2.75, 3.05) is 29.9 Å². The summed E-state index contributed by atoms with van der Waals surface area (Å²) in [6.45, 7) is 1.02. The lowest BCUT2D eigenvalue weighted by atomic mass is 10.3. The molecule has 1 fully saturated rings. The number of carbonyl (C=O) groups is 2. The molecule has 1 aromatic carbocycles. The minimum absolute atomic E-state index is 0.0306. The second-order valence-electron chi connectivity index (χ2n) is 5.79. The molecule has 7 nitrogen and oxygen atoms in total. The zero-order valence-corrected chi connectivity index (χ0v) is 14.6. The number of nitrogens with zero attached hydrogens (tertiary/aromatic N) is 3. The summed E-state index contributed by atoms with van der Waals surface area (Å²) in [6.07, 6.45) is 0. The van der Waals surface area contributed by atoms with E-state index in [-0.39, 0.29) is 24.4 Å². The van der Waals surface area contributed by atoms with Gasteiger partial charge < -0.3 is 9.42 Å². The van der Waals surface area contributed by atoms with E-state index in [0.717, 1.165) is 10.6 Å². The predicted molar refractivity (Wildman–Crippen MR) is 99.2 cm³/mol. The fraction of sp³-hybridized carbons (Fsp3) is 0.167. The average Bonchev–Trinajstić information content (AvgIpc) is 3.38. The molecule has 0 saturated carbocycles. The molecular formula is C18H16N4O3S. The third-order valence-electron chi connectivity index (χ3n) is 4.04. The number of anilines is 2. The number of urea groups is 1. The van der Waals surface area contributed by atoms with E-state index in [9.17, 15) is 9.59 Å². The molecule has 1 saturated heterocycles. The zero-order valence-electron chi connectivity index (χ0n) is 13.8. The Morgan fingerprint density at radius 1 is 1.19 bits per heavy atom. The molecule has 1 N–H and O–H groups in total. The number of hydrogen-bond donors (Lipinski definition) is 1. The Morgan fingerprint density at radius 3 is 2.81 bits per heavy atom. The monoisotopic (exact) mass is 368 g/mol. The van der Waals surface area contributed by atoms with Gasteiger partial charge in [-0.05, 0) is 23.6 Å². The molecule has 4 rings (SSSR count). The molecule has 3 aromatic rings. The molecule has 0 atom stereocenters. The maximum atomic E-state index is 12.5. The topological polar surface area (TPSA) is 78.7 Å². The lowest BCUT2D eigenvalue weighted by Crippen LogP contribution is -2.37. The van der Waals surface area contributed by atoms with E-state index in [1.807, 2.05) is 47.8 Å². The highest BCUT2D eigenvalue weighted by atomic mass is 32.1. The standard InChI is InChI=1S/C18H16N4O3S/c23-16(19-17-11-14(20-25-17)15-7-4-10-26-15)12-21-8-9-22(18(21)24)13-5-2-1-3-6-13/h1-7,10-11H,8-9,12H2,(H,19,23). The van der Waals surface area contributed by atoms with Crippen LogP contribution < -0.4 is 10.2 Å². The predicted octanol–water partition coefficient (Wildman–Crippen LogP) is 3.28. The van der Waals surface area contributed by atoms with Gasteiger partial charge in [0.15, 0.2) is 0 Å². The highest BCUT2D eigenvalue weighted by Crippen LogP contribution is 2.26. The molecule has 1 aliphatic rings. The highest BCUT2D eigenvalue weighted by molar-refractivity contribution is 7.13. The third kappa shape index (κ3) is 3.31. The van der Waals surface area contributed by atoms with Gasteiger partial charge in [0.1, 0.15) is 12.2 Å². The van der Waals surface area contributed by atoms with Crippen LogP contribution in [0.3, 0.4) is 0 Å². The lowest BCUT2D eigenvalue weighted by molar-refractivity contribution is -0.116. The van der Waals surface area contributed by atoms with Crippen molar-refractivity contribution in [3.63, 3.8) is 0 Å². The number of rotatable bonds is 5. The Morgan fingerprint density at radius 2 is 2.04 bits per heavy atom. The highest BCUT2D eigenvalue weighted by Gasteiger charge is 2.30. The normalized spacial score (nSPS) is 14.1. The minimum atomic E-state index is -0.317. The maximum Gasteiger partial charge on any atom is 0.325 e. The number of nitrogens with one attached hydrogen (secondary N) is 1. The smallest absolute Gasteiger partial charge is 0.325 e. The molecule has 2 aromatic heterocycles. The van der Waals surface area contributed by atoms with Crippen LogP contribution in [0.4, 0.5) is 16.4 Å². The summed E-state index contributed by atoms with van der Waals surface area (Å²) in [7, 11) is 0. The first kappa shape index (κ1) is 16.3. The fourth-order valence-electron chi connectivity index (χ4n) is 2.80. The first-order valence-electron chi connectivity index (χ1n) is 8.12. The molecule has 3 amide bonds. The molecular weight excluding hydrogens is 352 g/mol. The fourth-order valence-corrected chi connectivity index (χ4v) is 3.48. The van der Waals surface area contributed by atoms with Gasteiger partial charge in [-0.25, -0.2) is 4.79 Å². The van der Waals surface area contributed by atoms with Crippen LogP contribution in [0.2, 0.25) is 0 Å². The first-order chi connectivity index (χ1) is 12.7. The largest absolute Gasteiger partial charge is 0.338 e. The number of benzene rings is 1. The van der Waals surface area contributed by atoms with Gasteiger partial charge in [-0.2, -0.15) is 0 Å². The van der Waals surface area contributed by atoms with Gasteiger partial charge in [-0.15, -0.1) is 11.3 Å². The van der Waals surface area contributed by atoms with Gasteiger partial charge in [0.25, 0.3) is 0 Å². The van der Waals surface area contributed by atoms with Crippen LogP contribution in [-0.4, -0.2) is 41.6 Å². The quantitative estimate of drug-likeness (QED) is 0.750. The van der Waals surface area contributed by atoms with Crippen molar-refractivity contribution >= 4 is 34.8 Å². The Balaban J connectivity index is 1.36. The van der Waals surface area contributed by atoms with Gasteiger partial charge in [0.2, 0.25) is 11.8 Å². The molecule has 0 spiro atoms. The summed E-state index contributed by atoms with van der Waals surface area (Å²) in [5, 5.41) is 8.54. The summed E-state index contributed by atoms with van der Waals surface area (Å²) >= 11 is 1.54. The van der Waals surface area contributed by atoms with Crippen molar-refractivity contribution in [2.24, 2.45) is 0 Å². The van der Waals surface area contributed by atoms with Crippen LogP contribution in [-0.2, 0) is 4.79 Å². The van der Waals surface area contributed by atoms with Crippen molar-refractivity contribution in [3.8, 4) is 10.6 Å². The van der Waals surface area contributed by atoms with Crippen LogP contribution in [0, 0.1) is 0 Å². The van der Waals surface area contributed by atoms with Gasteiger partial charge in [0, 0.05) is 24.8 Å². The van der Waals surface area contributed by atoms with Crippen LogP contribution in [0.1, 0.15) is 0 Å². The summed E-state index contributed by atoms with van der Waals surface area (Å²) in [5.41, 5.74) is 1.50. The summed E-state index contributed by atoms with van der Waals surface area (Å²) in [4.78, 5) is 28.9. The summed E-state index contributed by atoms with van der Waals surface area (Å²) < 4.78 is 5.15. The molecule has 0 unspecified atom stereocenters. The van der Waals surface area contributed by atoms with Crippen molar-refractivity contribution in [1.82, 2.24) is 10.1 Å². The Hall–Kier alpha value is -3.13. The second kappa shape index (κ2) is 7.01. The number of carbonyl (C=O) groups excluding carboxylic acids is 2. The minimum Gasteiger partial charge on any atom is -0.338 e. The van der Waals surface area contributed by atoms with Crippen molar-refractivity contribution in [1.29, 1.82) is 0 Å². The molecule has 1 aliphatic heterocycles. The molecule has 0 bridgehead atoms. The molecule has 26 heavy (non-hydrogen) atoms. The Bertz CT molecular complexity index is 908. The van der Waals surface area contributed by atoms with E-state index in [4.69, 9.17) is 4.52 Å². The number of amides is 3. The average molecular weight is 368 g/mol. The van der Waals surface area contributed by atoms with E-state index < -0.39 is 0 Å². The Kier molecular flexibility index (Phi) is 4.40. The molecule has 0 radical (unpaired) electrons. The number of para-hydroxylation sites is 1. The van der Waals surface area contributed by atoms with Crippen LogP contribution in [0.25, 0.3) is 10.6 Å². The SMILES string of the molecule is O=C(CN1CCN(c2ccccc2)C1=O)Nc1cc(-c2cccs2)no1. The van der Waals surface area contributed by atoms with Crippen LogP contribution >= 0.6 is 11.3 Å². The number of thiophene rings is 1. The Labute approximate surface area is 153 Å².